The number of Topliss-reactive ketones (excluding diaryl/α,β-unsaturated/α-hetero) is 1. The molecule has 188 valence electrons. The van der Waals surface area contributed by atoms with Gasteiger partial charge in [-0.2, -0.15) is 0 Å². The SMILES string of the molecule is CCOC(=O)C(=C\[C@H](C)O[Si](c1ccccc1)(c1ccccc1)C(C)(C)C)/C(=C/CCO)C(C)=O. The molecular formula is C29H38O5Si. The van der Waals surface area contributed by atoms with Crippen LogP contribution in [0.4, 0.5) is 0 Å². The Morgan fingerprint density at radius 3 is 1.89 bits per heavy atom. The van der Waals surface area contributed by atoms with Gasteiger partial charge in [0.05, 0.1) is 18.3 Å². The van der Waals surface area contributed by atoms with E-state index >= 15 is 0 Å². The summed E-state index contributed by atoms with van der Waals surface area (Å²) in [5, 5.41) is 11.3. The molecule has 1 atom stereocenters. The third-order valence-corrected chi connectivity index (χ3v) is 11.0. The van der Waals surface area contributed by atoms with Gasteiger partial charge < -0.3 is 14.3 Å². The average Bonchev–Trinajstić information content (AvgIpc) is 2.82. The molecule has 5 nitrogen and oxygen atoms in total. The van der Waals surface area contributed by atoms with Crippen LogP contribution in [0.1, 0.15) is 48.0 Å². The third kappa shape index (κ3) is 6.87. The second-order valence-electron chi connectivity index (χ2n) is 9.47. The Bertz CT molecular complexity index is 996. The lowest BCUT2D eigenvalue weighted by molar-refractivity contribution is -0.138. The van der Waals surface area contributed by atoms with E-state index in [1.807, 2.05) is 43.3 Å². The predicted molar refractivity (Wildman–Crippen MR) is 143 cm³/mol. The second kappa shape index (κ2) is 12.8. The number of ether oxygens (including phenoxy) is 1. The summed E-state index contributed by atoms with van der Waals surface area (Å²) in [6.45, 7) is 11.6. The number of carbonyl (C=O) groups excluding carboxylic acids is 2. The van der Waals surface area contributed by atoms with Crippen LogP contribution in [-0.4, -0.2) is 44.5 Å². The minimum absolute atomic E-state index is 0.124. The van der Waals surface area contributed by atoms with Crippen LogP contribution in [0.15, 0.2) is 84.0 Å². The zero-order valence-corrected chi connectivity index (χ0v) is 22.7. The van der Waals surface area contributed by atoms with E-state index in [1.165, 1.54) is 6.92 Å². The first kappa shape index (κ1) is 28.4. The van der Waals surface area contributed by atoms with Crippen LogP contribution < -0.4 is 10.4 Å². The van der Waals surface area contributed by atoms with Crippen molar-refractivity contribution in [3.63, 3.8) is 0 Å². The topological polar surface area (TPSA) is 72.8 Å². The molecule has 0 aliphatic rings. The molecule has 0 spiro atoms. The van der Waals surface area contributed by atoms with Crippen LogP contribution in [0.2, 0.25) is 5.04 Å². The van der Waals surface area contributed by atoms with E-state index < -0.39 is 20.4 Å². The molecule has 0 heterocycles. The summed E-state index contributed by atoms with van der Waals surface area (Å²) < 4.78 is 12.3. The number of ketones is 1. The number of benzene rings is 2. The monoisotopic (exact) mass is 494 g/mol. The van der Waals surface area contributed by atoms with E-state index in [1.54, 1.807) is 19.1 Å². The van der Waals surface area contributed by atoms with Crippen LogP contribution in [0.3, 0.4) is 0 Å². The van der Waals surface area contributed by atoms with Crippen molar-refractivity contribution in [2.24, 2.45) is 0 Å². The fourth-order valence-corrected chi connectivity index (χ4v) is 9.01. The summed E-state index contributed by atoms with van der Waals surface area (Å²) in [5.74, 6) is -0.847. The van der Waals surface area contributed by atoms with Crippen molar-refractivity contribution in [1.29, 1.82) is 0 Å². The number of rotatable bonds is 11. The number of aliphatic hydroxyl groups is 1. The Balaban J connectivity index is 2.69. The Morgan fingerprint density at radius 2 is 1.49 bits per heavy atom. The Labute approximate surface area is 210 Å². The molecule has 0 saturated heterocycles. The highest BCUT2D eigenvalue weighted by Gasteiger charge is 2.50. The van der Waals surface area contributed by atoms with Crippen molar-refractivity contribution in [2.75, 3.05) is 13.2 Å². The van der Waals surface area contributed by atoms with Crippen molar-refractivity contribution in [3.8, 4) is 0 Å². The van der Waals surface area contributed by atoms with E-state index in [0.29, 0.717) is 0 Å². The lowest BCUT2D eigenvalue weighted by Crippen LogP contribution is -2.67. The van der Waals surface area contributed by atoms with Crippen LogP contribution in [0, 0.1) is 0 Å². The molecule has 2 aromatic carbocycles. The van der Waals surface area contributed by atoms with Crippen LogP contribution in [0.5, 0.6) is 0 Å². The number of hydrogen-bond acceptors (Lipinski definition) is 5. The van der Waals surface area contributed by atoms with E-state index in [4.69, 9.17) is 9.16 Å². The standard InChI is InChI=1S/C29H38O5Si/c1-7-33-28(32)27(26(23(3)31)19-14-20-30)21-22(2)34-35(29(4,5)6,24-15-10-8-11-16-24)25-17-12-9-13-18-25/h8-13,15-19,21-22,30H,7,14,20H2,1-6H3/b26-19+,27-21-/t22-/m0/s1. The Morgan fingerprint density at radius 1 is 0.971 bits per heavy atom. The van der Waals surface area contributed by atoms with E-state index in [0.717, 1.165) is 10.4 Å². The summed E-state index contributed by atoms with van der Waals surface area (Å²) in [5.41, 5.74) is 0.397. The fraction of sp³-hybridized carbons (Fsp3) is 0.379. The number of carbonyl (C=O) groups is 2. The zero-order valence-electron chi connectivity index (χ0n) is 21.7. The summed E-state index contributed by atoms with van der Waals surface area (Å²) in [7, 11) is -2.86. The summed E-state index contributed by atoms with van der Waals surface area (Å²) in [4.78, 5) is 25.3. The Hall–Kier alpha value is -2.80. The third-order valence-electron chi connectivity index (χ3n) is 5.82. The molecule has 0 unspecified atom stereocenters. The first-order valence-corrected chi connectivity index (χ1v) is 14.0. The van der Waals surface area contributed by atoms with Gasteiger partial charge in [-0.3, -0.25) is 4.79 Å². The first-order valence-electron chi connectivity index (χ1n) is 12.1. The maximum absolute atomic E-state index is 12.9. The maximum atomic E-state index is 12.9. The molecule has 1 N–H and O–H groups in total. The minimum Gasteiger partial charge on any atom is -0.462 e. The molecule has 6 heteroatoms. The van der Waals surface area contributed by atoms with Gasteiger partial charge in [0, 0.05) is 12.2 Å². The average molecular weight is 495 g/mol. The molecule has 0 aliphatic heterocycles. The van der Waals surface area contributed by atoms with Gasteiger partial charge >= 0.3 is 5.97 Å². The summed E-state index contributed by atoms with van der Waals surface area (Å²) in [6.07, 6.45) is 3.02. The molecule has 0 aliphatic carbocycles. The van der Waals surface area contributed by atoms with Gasteiger partial charge in [0.2, 0.25) is 0 Å². The lowest BCUT2D eigenvalue weighted by Gasteiger charge is -2.44. The highest BCUT2D eigenvalue weighted by atomic mass is 28.4. The van der Waals surface area contributed by atoms with Crippen molar-refractivity contribution < 1.29 is 23.9 Å². The smallest absolute Gasteiger partial charge is 0.338 e. The summed E-state index contributed by atoms with van der Waals surface area (Å²) in [6, 6.07) is 20.5. The number of aliphatic hydroxyl groups excluding tert-OH is 1. The molecule has 2 aromatic rings. The molecular weight excluding hydrogens is 456 g/mol. The molecule has 0 aromatic heterocycles. The molecule has 0 saturated carbocycles. The molecule has 35 heavy (non-hydrogen) atoms. The van der Waals surface area contributed by atoms with E-state index in [2.05, 4.69) is 45.0 Å². The summed E-state index contributed by atoms with van der Waals surface area (Å²) >= 11 is 0. The van der Waals surface area contributed by atoms with Crippen molar-refractivity contribution in [1.82, 2.24) is 0 Å². The highest BCUT2D eigenvalue weighted by Crippen LogP contribution is 2.37. The highest BCUT2D eigenvalue weighted by molar-refractivity contribution is 6.99. The van der Waals surface area contributed by atoms with Crippen LogP contribution in [-0.2, 0) is 18.8 Å². The quantitative estimate of drug-likeness (QED) is 0.218. The normalized spacial score (nSPS) is 13.9. The molecule has 0 bridgehead atoms. The first-order chi connectivity index (χ1) is 16.6. The predicted octanol–water partition coefficient (Wildman–Crippen LogP) is 4.34. The van der Waals surface area contributed by atoms with Gasteiger partial charge in [-0.05, 0) is 48.7 Å². The largest absolute Gasteiger partial charge is 0.462 e. The van der Waals surface area contributed by atoms with E-state index in [9.17, 15) is 14.7 Å². The second-order valence-corrected chi connectivity index (χ2v) is 13.7. The molecule has 0 amide bonds. The Kier molecular flexibility index (Phi) is 10.4. The maximum Gasteiger partial charge on any atom is 0.338 e. The molecule has 0 radical (unpaired) electrons. The van der Waals surface area contributed by atoms with Gasteiger partial charge in [-0.15, -0.1) is 0 Å². The minimum atomic E-state index is -2.86. The van der Waals surface area contributed by atoms with Crippen LogP contribution in [0.25, 0.3) is 0 Å². The van der Waals surface area contributed by atoms with Crippen molar-refractivity contribution >= 4 is 30.4 Å². The van der Waals surface area contributed by atoms with Crippen LogP contribution >= 0.6 is 0 Å². The van der Waals surface area contributed by atoms with Gasteiger partial charge in [0.25, 0.3) is 8.32 Å². The van der Waals surface area contributed by atoms with Crippen molar-refractivity contribution in [3.05, 3.63) is 84.0 Å². The van der Waals surface area contributed by atoms with Gasteiger partial charge in [0.15, 0.2) is 5.78 Å². The van der Waals surface area contributed by atoms with E-state index in [-0.39, 0.29) is 41.6 Å². The van der Waals surface area contributed by atoms with Gasteiger partial charge in [0.1, 0.15) is 0 Å². The fourth-order valence-electron chi connectivity index (χ4n) is 4.37. The molecule has 0 fully saturated rings. The zero-order chi connectivity index (χ0) is 26.1. The van der Waals surface area contributed by atoms with Gasteiger partial charge in [-0.1, -0.05) is 87.5 Å². The van der Waals surface area contributed by atoms with Gasteiger partial charge in [-0.25, -0.2) is 4.79 Å². The van der Waals surface area contributed by atoms with Crippen molar-refractivity contribution in [2.45, 2.75) is 59.1 Å². The number of esters is 1. The number of hydrogen-bond donors (Lipinski definition) is 1. The lowest BCUT2D eigenvalue weighted by atomic mass is 9.99. The molecule has 2 rings (SSSR count).